The number of rotatable bonds is 30. The smallest absolute Gasteiger partial charge is 0.426 e. The average Bonchev–Trinajstić information content (AvgIpc) is 1.47. The second-order valence-electron chi connectivity index (χ2n) is 30.3. The van der Waals surface area contributed by atoms with Gasteiger partial charge in [0.25, 0.3) is 11.5 Å². The number of H-pyrrole nitrogens is 2. The number of nitrogens with two attached hydrogens (primary N) is 1. The lowest BCUT2D eigenvalue weighted by molar-refractivity contribution is -0.204. The first-order valence-corrected chi connectivity index (χ1v) is 39.7. The van der Waals surface area contributed by atoms with E-state index < -0.39 is 161 Å². The van der Waals surface area contributed by atoms with E-state index in [-0.39, 0.29) is 52.9 Å². The van der Waals surface area contributed by atoms with E-state index in [0.717, 1.165) is 74.4 Å². The van der Waals surface area contributed by atoms with E-state index >= 15 is 4.79 Å². The SMILES string of the molecule is CC[C@]1(O)C[C@H]2CN(CCc3c([nH]c4ccccc34)[C@@](C)(c3cc4c(cc3OC)N(C)[C@H]3[C@@](O)(C(=O)NNC(=O)OCCSSC[C@H](CC(=O)[C@@H](NC(=O)CC[C@H](CC(=O)c5ccc(CCc6cnc7nc(N)[nH]c(=O)c7n6)cc5)C(=O)O)[C@@H](O)[C@H](O)[C@H](O)CO)C(=O)O)[C@H](O)[C@]5(CC)C=CCN6CC[C@]43[C@@H]65)C2)C1.O=C=O. The van der Waals surface area contributed by atoms with Gasteiger partial charge in [-0.25, -0.2) is 20.2 Å². The van der Waals surface area contributed by atoms with Crippen molar-refractivity contribution in [2.45, 2.75) is 162 Å². The molecule has 3 amide bonds. The summed E-state index contributed by atoms with van der Waals surface area (Å²) in [6.07, 6.45) is -2.06. The van der Waals surface area contributed by atoms with Crippen molar-refractivity contribution < 1.29 is 98.6 Å². The summed E-state index contributed by atoms with van der Waals surface area (Å²) in [4.78, 5) is 148. The summed E-state index contributed by atoms with van der Waals surface area (Å²) in [7, 11) is 5.43. The van der Waals surface area contributed by atoms with Gasteiger partial charge in [-0.15, -0.1) is 0 Å². The fourth-order valence-electron chi connectivity index (χ4n) is 18.4. The van der Waals surface area contributed by atoms with Crippen LogP contribution in [0.15, 0.2) is 83.8 Å². The number of ketones is 2. The van der Waals surface area contributed by atoms with Crippen molar-refractivity contribution in [1.82, 2.24) is 50.9 Å². The molecule has 2 bridgehead atoms. The predicted octanol–water partition coefficient (Wildman–Crippen LogP) is 2.02. The Kier molecular flexibility index (Phi) is 25.9. The van der Waals surface area contributed by atoms with E-state index in [9.17, 15) is 79.5 Å². The number of carboxylic acids is 2. The van der Waals surface area contributed by atoms with Crippen LogP contribution in [-0.4, -0.2) is 254 Å². The minimum atomic E-state index is -2.60. The van der Waals surface area contributed by atoms with Gasteiger partial charge in [0.05, 0.1) is 49.1 Å². The number of carboxylic acid groups (broad SMARTS) is 2. The number of aliphatic hydroxyl groups excluding tert-OH is 5. The van der Waals surface area contributed by atoms with Crippen molar-refractivity contribution in [3.8, 4) is 5.75 Å². The highest BCUT2D eigenvalue weighted by Gasteiger charge is 2.79. The maximum atomic E-state index is 15.2. The zero-order chi connectivity index (χ0) is 80.9. The van der Waals surface area contributed by atoms with Crippen LogP contribution in [0, 0.1) is 23.2 Å². The summed E-state index contributed by atoms with van der Waals surface area (Å²) in [5.41, 5.74) is 10.6. The van der Waals surface area contributed by atoms with Gasteiger partial charge in [0.15, 0.2) is 28.3 Å². The number of nitrogens with zero attached hydrogens (tertiary/aromatic N) is 6. The lowest BCUT2D eigenvalue weighted by Gasteiger charge is -2.63. The van der Waals surface area contributed by atoms with E-state index in [2.05, 4.69) is 76.0 Å². The number of aromatic amines is 2. The average molecular weight is 1590 g/mol. The van der Waals surface area contributed by atoms with Gasteiger partial charge in [-0.1, -0.05) is 90.1 Å². The molecule has 16 atom stereocenters. The fraction of sp³-hybridized carbons (Fsp3) is 0.532. The number of piperidine rings is 1. The molecule has 33 nitrogen and oxygen atoms in total. The zero-order valence-electron chi connectivity index (χ0n) is 62.6. The van der Waals surface area contributed by atoms with Gasteiger partial charge in [-0.05, 0) is 106 Å². The normalized spacial score (nSPS) is 26.4. The number of nitrogens with one attached hydrogen (secondary N) is 5. The van der Waals surface area contributed by atoms with Crippen LogP contribution in [-0.2, 0) is 68.4 Å². The molecule has 0 radical (unpaired) electrons. The number of ether oxygens (including phenoxy) is 2. The Bertz CT molecular complexity index is 4660. The molecule has 602 valence electrons. The number of anilines is 2. The number of benzene rings is 3. The molecule has 3 aromatic carbocycles. The molecule has 6 aliphatic rings. The molecule has 1 aliphatic carbocycles. The van der Waals surface area contributed by atoms with Crippen molar-refractivity contribution in [2.75, 3.05) is 82.2 Å². The Morgan fingerprint density at radius 2 is 1.61 bits per heavy atom. The van der Waals surface area contributed by atoms with Crippen LogP contribution >= 0.6 is 21.6 Å². The molecule has 5 aliphatic heterocycles. The lowest BCUT2D eigenvalue weighted by Crippen LogP contribution is -2.82. The number of nitrogen functional groups attached to an aromatic ring is 1. The third-order valence-electron chi connectivity index (χ3n) is 23.7. The van der Waals surface area contributed by atoms with Gasteiger partial charge in [-0.2, -0.15) is 14.6 Å². The van der Waals surface area contributed by atoms with Crippen LogP contribution in [0.4, 0.5) is 16.4 Å². The Hall–Kier alpha value is -9.23. The Morgan fingerprint density at radius 3 is 2.30 bits per heavy atom. The first-order valence-electron chi connectivity index (χ1n) is 37.2. The van der Waals surface area contributed by atoms with E-state index in [1.54, 1.807) is 26.3 Å². The molecule has 3 aromatic heterocycles. The highest BCUT2D eigenvalue weighted by Crippen LogP contribution is 2.68. The molecular weight excluding hydrogens is 1490 g/mol. The summed E-state index contributed by atoms with van der Waals surface area (Å²) in [6.45, 7) is 8.14. The molecule has 35 heteroatoms. The molecule has 2 saturated heterocycles. The number of Topliss-reactive ketones (excluding diaryl/α,β-unsaturated/α-hetero) is 2. The molecule has 8 heterocycles. The molecule has 6 aromatic rings. The number of methoxy groups -OCH3 is 1. The Balaban J connectivity index is 0.00000407. The minimum Gasteiger partial charge on any atom is -0.496 e. The maximum absolute atomic E-state index is 15.2. The molecule has 1 unspecified atom stereocenters. The van der Waals surface area contributed by atoms with Crippen LogP contribution in [0.25, 0.3) is 22.1 Å². The molecule has 1 saturated carbocycles. The first-order chi connectivity index (χ1) is 53.4. The zero-order valence-corrected chi connectivity index (χ0v) is 64.3. The van der Waals surface area contributed by atoms with Crippen molar-refractivity contribution in [3.63, 3.8) is 0 Å². The van der Waals surface area contributed by atoms with Crippen molar-refractivity contribution >= 4 is 103 Å². The number of carbonyl (C=O) groups is 7. The van der Waals surface area contributed by atoms with Gasteiger partial charge in [0, 0.05) is 126 Å². The third-order valence-corrected chi connectivity index (χ3v) is 26.2. The number of hydrogen-bond donors (Lipinski definition) is 15. The second-order valence-corrected chi connectivity index (χ2v) is 33.0. The Morgan fingerprint density at radius 1 is 0.875 bits per heavy atom. The number of likely N-dealkylation sites (N-methyl/N-ethyl adjacent to an activating group) is 1. The standard InChI is InChI=1S/C76H96N12O19S2.CO2/c1-6-73(104)34-41-33-72(3,61-47(21-25-87(36-41)39-73)46-11-8-9-12-50(46)80-61)49-31-48-51(32-55(49)106-5)86(4)67-75(48)23-26-88-24-10-22-74(7-2,66(75)88)68(101)76(67,105)69(102)84-85-71(103)107-27-28-108-109-38-44(65(99)100)30-53(91)57(60(95)59(94)54(92)37-89)81-56(93)20-18-43(64(97)98)29-52(90)42-16-13-40(14-17-42)15-19-45-35-78-62-58(79-45)63(96)83-70(77)82-62;2-1-3/h8-14,16-17,22,31-32,35,41,43-44,54,57,59-60,66-68,80,89,92,94-95,101,104-105H,6-7,15,18-21,23-30,33-34,36-39H2,1-5H3,(H,81,93)(H,84,102)(H,85,103)(H,97,98)(H,99,100)(H3,77,78,82,83,96);/t41-,43+,44-,54+,57+,59+,60+,66-,67+,68+,72+,73-,74+,75+,76-;/m0./s1. The van der Waals surface area contributed by atoms with Crippen LogP contribution in [0.1, 0.15) is 123 Å². The van der Waals surface area contributed by atoms with E-state index in [1.807, 2.05) is 49.1 Å². The largest absolute Gasteiger partial charge is 0.496 e. The quantitative estimate of drug-likeness (QED) is 0.0101. The van der Waals surface area contributed by atoms with Crippen LogP contribution in [0.3, 0.4) is 0 Å². The van der Waals surface area contributed by atoms with Crippen LogP contribution in [0.2, 0.25) is 0 Å². The predicted molar refractivity (Wildman–Crippen MR) is 408 cm³/mol. The third kappa shape index (κ3) is 16.3. The van der Waals surface area contributed by atoms with Gasteiger partial charge in [0.2, 0.25) is 11.9 Å². The fourth-order valence-corrected chi connectivity index (χ4v) is 20.5. The van der Waals surface area contributed by atoms with Crippen molar-refractivity contribution in [2.24, 2.45) is 23.2 Å². The molecular formula is C77H96N12O21S2. The topological polar surface area (TPSA) is 513 Å². The number of para-hydroxylation sites is 1. The number of carbonyl (C=O) groups excluding carboxylic acids is 7. The number of aryl methyl sites for hydroxylation is 2. The summed E-state index contributed by atoms with van der Waals surface area (Å²) in [5, 5.41) is 104. The van der Waals surface area contributed by atoms with Gasteiger partial charge >= 0.3 is 24.2 Å². The highest BCUT2D eigenvalue weighted by molar-refractivity contribution is 8.76. The van der Waals surface area contributed by atoms with E-state index in [1.165, 1.54) is 23.9 Å². The van der Waals surface area contributed by atoms with Crippen LogP contribution < -0.4 is 37.1 Å². The number of amides is 3. The number of aromatic nitrogens is 5. The molecule has 12 rings (SSSR count). The number of aliphatic hydroxyl groups is 7. The summed E-state index contributed by atoms with van der Waals surface area (Å²) < 4.78 is 11.9. The first kappa shape index (κ1) is 83.7. The van der Waals surface area contributed by atoms with Crippen molar-refractivity contribution in [1.29, 1.82) is 0 Å². The van der Waals surface area contributed by atoms with E-state index in [4.69, 9.17) is 24.8 Å². The van der Waals surface area contributed by atoms with Crippen LogP contribution in [0.5, 0.6) is 5.75 Å². The number of hydrogen-bond acceptors (Lipinski definition) is 28. The summed E-state index contributed by atoms with van der Waals surface area (Å²) in [5.74, 6) is -9.32. The maximum Gasteiger partial charge on any atom is 0.426 e. The summed E-state index contributed by atoms with van der Waals surface area (Å²) in [6, 6.07) is 15.3. The number of aliphatic carboxylic acids is 2. The summed E-state index contributed by atoms with van der Waals surface area (Å²) >= 11 is 0. The van der Waals surface area contributed by atoms with E-state index in [0.29, 0.717) is 81.7 Å². The number of hydrazine groups is 1. The molecule has 1 spiro atoms. The molecule has 3 fully saturated rings. The van der Waals surface area contributed by atoms with Gasteiger partial charge in [0.1, 0.15) is 42.8 Å². The monoisotopic (exact) mass is 1590 g/mol. The molecule has 16 N–H and O–H groups in total. The molecule has 112 heavy (non-hydrogen) atoms. The van der Waals surface area contributed by atoms with Gasteiger partial charge in [-0.3, -0.25) is 53.8 Å². The van der Waals surface area contributed by atoms with Gasteiger partial charge < -0.3 is 76.4 Å². The highest BCUT2D eigenvalue weighted by atomic mass is 33.1. The number of fused-ring (bicyclic) bond motifs is 7. The lowest BCUT2D eigenvalue weighted by atomic mass is 9.47. The minimum absolute atomic E-state index is 0.0190. The second kappa shape index (κ2) is 34.6. The van der Waals surface area contributed by atoms with Crippen molar-refractivity contribution in [3.05, 3.63) is 129 Å². The Labute approximate surface area is 651 Å².